The number of hydrogen-bond acceptors (Lipinski definition) is 4. The maximum absolute atomic E-state index is 13.1. The Kier molecular flexibility index (Phi) is 6.85. The molecule has 0 unspecified atom stereocenters. The van der Waals surface area contributed by atoms with E-state index in [4.69, 9.17) is 16.3 Å². The van der Waals surface area contributed by atoms with Crippen molar-refractivity contribution < 1.29 is 17.9 Å². The number of sulfonamides is 1. The minimum absolute atomic E-state index is 0.0283. The molecule has 0 saturated carbocycles. The Bertz CT molecular complexity index is 1230. The van der Waals surface area contributed by atoms with Crippen LogP contribution in [0.4, 0.5) is 5.69 Å². The van der Waals surface area contributed by atoms with Gasteiger partial charge in [-0.05, 0) is 55.3 Å². The van der Waals surface area contributed by atoms with Crippen LogP contribution in [0.2, 0.25) is 5.02 Å². The number of nitrogens with one attached hydrogen (secondary N) is 1. The molecule has 32 heavy (non-hydrogen) atoms. The number of carbonyl (C=O) groups excluding carboxylic acids is 1. The fraction of sp³-hybridized carbons (Fsp3) is 0.348. The van der Waals surface area contributed by atoms with E-state index >= 15 is 0 Å². The lowest BCUT2D eigenvalue weighted by Crippen LogP contribution is -2.35. The van der Waals surface area contributed by atoms with Crippen molar-refractivity contribution in [2.45, 2.75) is 30.7 Å². The first-order valence-corrected chi connectivity index (χ1v) is 12.4. The standard InChI is InChI=1S/C23H26ClN3O4S/c1-31-14-13-26-12-9-17-15-19(6-8-21(17)26)25-23(28)18-5-7-20(24)22(16-18)32(29,30)27-10-3-2-4-11-27/h5-9,12,15-16H,2-4,10-11,13-14H2,1H3,(H,25,28). The molecule has 0 aliphatic carbocycles. The molecule has 2 heterocycles. The summed E-state index contributed by atoms with van der Waals surface area (Å²) in [5.41, 5.74) is 1.91. The summed E-state index contributed by atoms with van der Waals surface area (Å²) >= 11 is 6.22. The van der Waals surface area contributed by atoms with Crippen molar-refractivity contribution in [3.05, 3.63) is 59.2 Å². The number of halogens is 1. The molecule has 2 aromatic carbocycles. The molecule has 1 aliphatic rings. The first-order chi connectivity index (χ1) is 15.4. The van der Waals surface area contributed by atoms with Crippen LogP contribution in [0.5, 0.6) is 0 Å². The largest absolute Gasteiger partial charge is 0.383 e. The first-order valence-electron chi connectivity index (χ1n) is 10.6. The number of amides is 1. The number of methoxy groups -OCH3 is 1. The molecular formula is C23H26ClN3O4S. The molecule has 3 aromatic rings. The average Bonchev–Trinajstić information content (AvgIpc) is 3.20. The van der Waals surface area contributed by atoms with Crippen molar-refractivity contribution in [2.24, 2.45) is 0 Å². The summed E-state index contributed by atoms with van der Waals surface area (Å²) in [6.07, 6.45) is 4.65. The van der Waals surface area contributed by atoms with Gasteiger partial charge < -0.3 is 14.6 Å². The second-order valence-corrected chi connectivity index (χ2v) is 10.2. The Morgan fingerprint density at radius 1 is 1.09 bits per heavy atom. The topological polar surface area (TPSA) is 80.6 Å². The van der Waals surface area contributed by atoms with Gasteiger partial charge in [-0.2, -0.15) is 4.31 Å². The van der Waals surface area contributed by atoms with Crippen molar-refractivity contribution >= 4 is 44.1 Å². The van der Waals surface area contributed by atoms with Gasteiger partial charge in [0.15, 0.2) is 0 Å². The van der Waals surface area contributed by atoms with Gasteiger partial charge in [-0.1, -0.05) is 18.0 Å². The number of piperidine rings is 1. The van der Waals surface area contributed by atoms with Crippen LogP contribution in [0, 0.1) is 0 Å². The Labute approximate surface area is 193 Å². The third-order valence-corrected chi connectivity index (χ3v) is 8.07. The molecule has 1 fully saturated rings. The minimum Gasteiger partial charge on any atom is -0.383 e. The van der Waals surface area contributed by atoms with Crippen molar-refractivity contribution in [2.75, 3.05) is 32.1 Å². The summed E-state index contributed by atoms with van der Waals surface area (Å²) in [5, 5.41) is 3.96. The number of fused-ring (bicyclic) bond motifs is 1. The van der Waals surface area contributed by atoms with E-state index in [-0.39, 0.29) is 15.5 Å². The summed E-state index contributed by atoms with van der Waals surface area (Å²) < 4.78 is 34.8. The van der Waals surface area contributed by atoms with Crippen LogP contribution in [-0.2, 0) is 21.3 Å². The molecule has 1 aliphatic heterocycles. The lowest BCUT2D eigenvalue weighted by Gasteiger charge is -2.26. The fourth-order valence-electron chi connectivity index (χ4n) is 3.95. The normalized spacial score (nSPS) is 15.2. The van der Waals surface area contributed by atoms with E-state index in [1.807, 2.05) is 30.5 Å². The van der Waals surface area contributed by atoms with Gasteiger partial charge in [0.05, 0.1) is 11.6 Å². The molecule has 9 heteroatoms. The van der Waals surface area contributed by atoms with E-state index in [9.17, 15) is 13.2 Å². The third kappa shape index (κ3) is 4.68. The molecule has 7 nitrogen and oxygen atoms in total. The zero-order chi connectivity index (χ0) is 22.7. The monoisotopic (exact) mass is 475 g/mol. The van der Waals surface area contributed by atoms with Gasteiger partial charge in [-0.25, -0.2) is 8.42 Å². The summed E-state index contributed by atoms with van der Waals surface area (Å²) in [4.78, 5) is 12.9. The van der Waals surface area contributed by atoms with Crippen LogP contribution in [0.3, 0.4) is 0 Å². The highest BCUT2D eigenvalue weighted by Gasteiger charge is 2.28. The van der Waals surface area contributed by atoms with Crippen LogP contribution in [0.1, 0.15) is 29.6 Å². The molecular weight excluding hydrogens is 450 g/mol. The zero-order valence-corrected chi connectivity index (χ0v) is 19.5. The SMILES string of the molecule is COCCn1ccc2cc(NC(=O)c3ccc(Cl)c(S(=O)(=O)N4CCCCC4)c3)ccc21. The lowest BCUT2D eigenvalue weighted by atomic mass is 10.2. The maximum Gasteiger partial charge on any atom is 0.255 e. The Hall–Kier alpha value is -2.39. The maximum atomic E-state index is 13.1. The van der Waals surface area contributed by atoms with Gasteiger partial charge in [0.1, 0.15) is 4.90 Å². The summed E-state index contributed by atoms with van der Waals surface area (Å²) in [6.45, 7) is 2.30. The molecule has 0 atom stereocenters. The van der Waals surface area contributed by atoms with Crippen LogP contribution >= 0.6 is 11.6 Å². The lowest BCUT2D eigenvalue weighted by molar-refractivity contribution is 0.102. The molecule has 170 valence electrons. The quantitative estimate of drug-likeness (QED) is 0.550. The van der Waals surface area contributed by atoms with Gasteiger partial charge in [-0.3, -0.25) is 4.79 Å². The Morgan fingerprint density at radius 3 is 2.62 bits per heavy atom. The molecule has 1 amide bonds. The molecule has 0 spiro atoms. The van der Waals surface area contributed by atoms with Crippen LogP contribution in [0.15, 0.2) is 53.6 Å². The highest BCUT2D eigenvalue weighted by molar-refractivity contribution is 7.89. The highest BCUT2D eigenvalue weighted by atomic mass is 35.5. The van der Waals surface area contributed by atoms with Crippen molar-refractivity contribution in [3.8, 4) is 0 Å². The number of aromatic nitrogens is 1. The van der Waals surface area contributed by atoms with E-state index in [2.05, 4.69) is 9.88 Å². The third-order valence-electron chi connectivity index (χ3n) is 5.69. The molecule has 1 aromatic heterocycles. The second kappa shape index (κ2) is 9.62. The zero-order valence-electron chi connectivity index (χ0n) is 17.9. The predicted octanol–water partition coefficient (Wildman–Crippen LogP) is 4.37. The van der Waals surface area contributed by atoms with Gasteiger partial charge in [0.25, 0.3) is 5.91 Å². The van der Waals surface area contributed by atoms with Gasteiger partial charge in [0.2, 0.25) is 10.0 Å². The van der Waals surface area contributed by atoms with Crippen LogP contribution in [-0.4, -0.2) is 50.0 Å². The Balaban J connectivity index is 1.55. The second-order valence-electron chi connectivity index (χ2n) is 7.84. The van der Waals surface area contributed by atoms with Gasteiger partial charge in [0, 0.05) is 55.1 Å². The number of anilines is 1. The smallest absolute Gasteiger partial charge is 0.255 e. The highest BCUT2D eigenvalue weighted by Crippen LogP contribution is 2.28. The van der Waals surface area contributed by atoms with Gasteiger partial charge >= 0.3 is 0 Å². The van der Waals surface area contributed by atoms with Crippen molar-refractivity contribution in [1.82, 2.24) is 8.87 Å². The first kappa shape index (κ1) is 22.8. The molecule has 0 bridgehead atoms. The Morgan fingerprint density at radius 2 is 1.88 bits per heavy atom. The number of benzene rings is 2. The van der Waals surface area contributed by atoms with E-state index < -0.39 is 15.9 Å². The average molecular weight is 476 g/mol. The van der Waals surface area contributed by atoms with Crippen molar-refractivity contribution in [1.29, 1.82) is 0 Å². The number of ether oxygens (including phenoxy) is 1. The molecule has 4 rings (SSSR count). The van der Waals surface area contributed by atoms with E-state index in [1.54, 1.807) is 7.11 Å². The number of hydrogen-bond donors (Lipinski definition) is 1. The van der Waals surface area contributed by atoms with E-state index in [1.165, 1.54) is 22.5 Å². The van der Waals surface area contributed by atoms with Crippen LogP contribution in [0.25, 0.3) is 10.9 Å². The molecule has 1 saturated heterocycles. The summed E-state index contributed by atoms with van der Waals surface area (Å²) in [7, 11) is -2.08. The summed E-state index contributed by atoms with van der Waals surface area (Å²) in [5.74, 6) is -0.394. The van der Waals surface area contributed by atoms with E-state index in [0.717, 1.165) is 36.7 Å². The minimum atomic E-state index is -3.75. The summed E-state index contributed by atoms with van der Waals surface area (Å²) in [6, 6.07) is 12.0. The van der Waals surface area contributed by atoms with Gasteiger partial charge in [-0.15, -0.1) is 0 Å². The van der Waals surface area contributed by atoms with E-state index in [0.29, 0.717) is 25.4 Å². The molecule has 0 radical (unpaired) electrons. The predicted molar refractivity (Wildman–Crippen MR) is 126 cm³/mol. The number of nitrogens with zero attached hydrogens (tertiary/aromatic N) is 2. The number of carbonyl (C=O) groups is 1. The van der Waals surface area contributed by atoms with Crippen LogP contribution < -0.4 is 5.32 Å². The fourth-order valence-corrected chi connectivity index (χ4v) is 5.97. The molecule has 1 N–H and O–H groups in total. The van der Waals surface area contributed by atoms with Crippen molar-refractivity contribution in [3.63, 3.8) is 0 Å². The number of rotatable bonds is 7.